The van der Waals surface area contributed by atoms with Crippen molar-refractivity contribution in [3.05, 3.63) is 34.4 Å². The van der Waals surface area contributed by atoms with Crippen molar-refractivity contribution in [1.82, 2.24) is 5.43 Å². The van der Waals surface area contributed by atoms with Crippen LogP contribution in [-0.4, -0.2) is 29.1 Å². The number of nitro benzene ring substituents is 1. The topological polar surface area (TPSA) is 137 Å². The van der Waals surface area contributed by atoms with Gasteiger partial charge in [0.05, 0.1) is 11.3 Å². The molecule has 1 aromatic carbocycles. The number of carbonyl (C=O) groups is 2. The van der Waals surface area contributed by atoms with Crippen molar-refractivity contribution in [3.8, 4) is 5.75 Å². The Morgan fingerprint density at radius 1 is 1.38 bits per heavy atom. The van der Waals surface area contributed by atoms with Crippen LogP contribution in [0.5, 0.6) is 5.75 Å². The summed E-state index contributed by atoms with van der Waals surface area (Å²) in [5.74, 6) is -0.765. The number of hydrogen-bond donors (Lipinski definition) is 2. The highest BCUT2D eigenvalue weighted by Crippen LogP contribution is 2.16. The molecule has 0 atom stereocenters. The summed E-state index contributed by atoms with van der Waals surface area (Å²) in [6.07, 6.45) is -0.0521. The van der Waals surface area contributed by atoms with Crippen LogP contribution in [0, 0.1) is 10.1 Å². The molecule has 1 aromatic rings. The lowest BCUT2D eigenvalue weighted by Crippen LogP contribution is -2.26. The highest BCUT2D eigenvalue weighted by Gasteiger charge is 2.06. The molecule has 0 spiro atoms. The molecule has 0 bridgehead atoms. The summed E-state index contributed by atoms with van der Waals surface area (Å²) in [7, 11) is 0. The number of benzene rings is 1. The number of hydrogen-bond acceptors (Lipinski definition) is 6. The van der Waals surface area contributed by atoms with Crippen molar-refractivity contribution in [2.45, 2.75) is 13.3 Å². The molecule has 0 aliphatic rings. The molecule has 0 aliphatic heterocycles. The van der Waals surface area contributed by atoms with Gasteiger partial charge >= 0.3 is 0 Å². The van der Waals surface area contributed by atoms with Crippen LogP contribution in [-0.2, 0) is 9.59 Å². The number of hydrazone groups is 1. The second kappa shape index (κ2) is 7.58. The van der Waals surface area contributed by atoms with Gasteiger partial charge in [0.2, 0.25) is 5.91 Å². The second-order valence-electron chi connectivity index (χ2n) is 4.06. The van der Waals surface area contributed by atoms with Gasteiger partial charge in [-0.3, -0.25) is 19.7 Å². The molecular weight excluding hydrogens is 280 g/mol. The monoisotopic (exact) mass is 294 g/mol. The lowest BCUT2D eigenvalue weighted by molar-refractivity contribution is -0.384. The van der Waals surface area contributed by atoms with Crippen LogP contribution >= 0.6 is 0 Å². The van der Waals surface area contributed by atoms with E-state index in [-0.39, 0.29) is 18.7 Å². The van der Waals surface area contributed by atoms with Crippen molar-refractivity contribution in [2.24, 2.45) is 10.8 Å². The Morgan fingerprint density at radius 3 is 2.52 bits per heavy atom. The summed E-state index contributed by atoms with van der Waals surface area (Å²) < 4.78 is 5.12. The van der Waals surface area contributed by atoms with Crippen molar-refractivity contribution in [3.63, 3.8) is 0 Å². The van der Waals surface area contributed by atoms with E-state index in [4.69, 9.17) is 10.5 Å². The summed E-state index contributed by atoms with van der Waals surface area (Å²) in [6.45, 7) is 1.23. The lowest BCUT2D eigenvalue weighted by atomic mass is 10.3. The van der Waals surface area contributed by atoms with Gasteiger partial charge in [-0.25, -0.2) is 5.43 Å². The summed E-state index contributed by atoms with van der Waals surface area (Å²) in [6, 6.07) is 5.30. The number of amides is 2. The van der Waals surface area contributed by atoms with E-state index in [1.54, 1.807) is 6.92 Å². The third-order valence-corrected chi connectivity index (χ3v) is 2.22. The van der Waals surface area contributed by atoms with E-state index < -0.39 is 16.7 Å². The maximum absolute atomic E-state index is 11.4. The number of nitrogens with two attached hydrogens (primary N) is 1. The van der Waals surface area contributed by atoms with Gasteiger partial charge in [-0.1, -0.05) is 0 Å². The van der Waals surface area contributed by atoms with Crippen molar-refractivity contribution in [1.29, 1.82) is 0 Å². The number of carbonyl (C=O) groups excluding carboxylic acids is 2. The fourth-order valence-corrected chi connectivity index (χ4v) is 1.29. The number of nitro groups is 1. The standard InChI is InChI=1S/C12H14N4O5/c1-8(6-11(13)17)14-15-12(18)7-21-10-4-2-9(3-5-10)16(19)20/h2-5H,6-7H2,1H3,(H2,13,17)(H,15,18)/b14-8+. The number of non-ortho nitro benzene ring substituents is 1. The summed E-state index contributed by atoms with van der Waals surface area (Å²) >= 11 is 0. The van der Waals surface area contributed by atoms with E-state index in [2.05, 4.69) is 10.5 Å². The summed E-state index contributed by atoms with van der Waals surface area (Å²) in [4.78, 5) is 31.9. The molecular formula is C12H14N4O5. The third kappa shape index (κ3) is 6.14. The first kappa shape index (κ1) is 16.1. The predicted molar refractivity (Wildman–Crippen MR) is 73.7 cm³/mol. The van der Waals surface area contributed by atoms with E-state index >= 15 is 0 Å². The number of nitrogens with zero attached hydrogens (tertiary/aromatic N) is 2. The molecule has 0 fully saturated rings. The molecule has 21 heavy (non-hydrogen) atoms. The molecule has 0 saturated heterocycles. The van der Waals surface area contributed by atoms with Gasteiger partial charge in [0.25, 0.3) is 11.6 Å². The van der Waals surface area contributed by atoms with Crippen molar-refractivity contribution in [2.75, 3.05) is 6.61 Å². The lowest BCUT2D eigenvalue weighted by Gasteiger charge is -2.05. The first-order chi connectivity index (χ1) is 9.88. The molecule has 9 nitrogen and oxygen atoms in total. The van der Waals surface area contributed by atoms with E-state index in [0.717, 1.165) is 0 Å². The first-order valence-electron chi connectivity index (χ1n) is 5.86. The highest BCUT2D eigenvalue weighted by atomic mass is 16.6. The minimum Gasteiger partial charge on any atom is -0.484 e. The Morgan fingerprint density at radius 2 is 2.00 bits per heavy atom. The molecule has 2 amide bonds. The average molecular weight is 294 g/mol. The average Bonchev–Trinajstić information content (AvgIpc) is 2.42. The zero-order valence-corrected chi connectivity index (χ0v) is 11.2. The number of nitrogens with one attached hydrogen (secondary N) is 1. The molecule has 0 saturated carbocycles. The SMILES string of the molecule is C/C(CC(N)=O)=N\NC(=O)COc1ccc([N+](=O)[O-])cc1. The minimum absolute atomic E-state index is 0.0521. The Hall–Kier alpha value is -2.97. The molecule has 1 rings (SSSR count). The van der Waals surface area contributed by atoms with Crippen LogP contribution in [0.1, 0.15) is 13.3 Å². The van der Waals surface area contributed by atoms with Gasteiger partial charge in [-0.2, -0.15) is 5.10 Å². The quantitative estimate of drug-likeness (QED) is 0.424. The molecule has 9 heteroatoms. The van der Waals surface area contributed by atoms with Crippen LogP contribution in [0.25, 0.3) is 0 Å². The van der Waals surface area contributed by atoms with Gasteiger partial charge < -0.3 is 10.5 Å². The minimum atomic E-state index is -0.548. The van der Waals surface area contributed by atoms with E-state index in [1.807, 2.05) is 0 Å². The molecule has 0 aromatic heterocycles. The third-order valence-electron chi connectivity index (χ3n) is 2.22. The normalized spacial score (nSPS) is 10.8. The van der Waals surface area contributed by atoms with Gasteiger partial charge in [0.15, 0.2) is 6.61 Å². The van der Waals surface area contributed by atoms with E-state index in [1.165, 1.54) is 24.3 Å². The summed E-state index contributed by atoms with van der Waals surface area (Å²) in [5, 5.41) is 14.1. The smallest absolute Gasteiger partial charge is 0.277 e. The van der Waals surface area contributed by atoms with Gasteiger partial charge in [-0.05, 0) is 19.1 Å². The highest BCUT2D eigenvalue weighted by molar-refractivity contribution is 5.99. The zero-order chi connectivity index (χ0) is 15.8. The molecule has 112 valence electrons. The van der Waals surface area contributed by atoms with Crippen molar-refractivity contribution < 1.29 is 19.2 Å². The number of ether oxygens (including phenoxy) is 1. The van der Waals surface area contributed by atoms with Crippen LogP contribution in [0.4, 0.5) is 5.69 Å². The van der Waals surface area contributed by atoms with Gasteiger partial charge in [0.1, 0.15) is 5.75 Å². The Balaban J connectivity index is 2.42. The molecule has 0 heterocycles. The van der Waals surface area contributed by atoms with Crippen LogP contribution < -0.4 is 15.9 Å². The number of rotatable bonds is 7. The van der Waals surface area contributed by atoms with E-state index in [9.17, 15) is 19.7 Å². The van der Waals surface area contributed by atoms with Crippen molar-refractivity contribution >= 4 is 23.2 Å². The fraction of sp³-hybridized carbons (Fsp3) is 0.250. The Bertz CT molecular complexity index is 568. The van der Waals surface area contributed by atoms with Crippen LogP contribution in [0.15, 0.2) is 29.4 Å². The van der Waals surface area contributed by atoms with Crippen LogP contribution in [0.3, 0.4) is 0 Å². The fourth-order valence-electron chi connectivity index (χ4n) is 1.29. The number of primary amides is 1. The second-order valence-corrected chi connectivity index (χ2v) is 4.06. The maximum Gasteiger partial charge on any atom is 0.277 e. The van der Waals surface area contributed by atoms with Gasteiger partial charge in [0, 0.05) is 17.8 Å². The molecule has 0 radical (unpaired) electrons. The first-order valence-corrected chi connectivity index (χ1v) is 5.86. The van der Waals surface area contributed by atoms with Crippen LogP contribution in [0.2, 0.25) is 0 Å². The Kier molecular flexibility index (Phi) is 5.80. The molecule has 3 N–H and O–H groups in total. The molecule has 0 unspecified atom stereocenters. The predicted octanol–water partition coefficient (Wildman–Crippen LogP) is 0.341. The maximum atomic E-state index is 11.4. The van der Waals surface area contributed by atoms with E-state index in [0.29, 0.717) is 11.5 Å². The Labute approximate surface area is 119 Å². The largest absolute Gasteiger partial charge is 0.484 e. The zero-order valence-electron chi connectivity index (χ0n) is 11.2. The summed E-state index contributed by atoms with van der Waals surface area (Å²) in [5.41, 5.74) is 7.45. The van der Waals surface area contributed by atoms with Gasteiger partial charge in [-0.15, -0.1) is 0 Å². The molecule has 0 aliphatic carbocycles.